The number of hydrogen-bond acceptors (Lipinski definition) is 7. The Kier molecular flexibility index (Phi) is 4.74. The number of benzene rings is 1. The van der Waals surface area contributed by atoms with E-state index in [1.54, 1.807) is 18.3 Å². The minimum atomic E-state index is -0.674. The lowest BCUT2D eigenvalue weighted by Crippen LogP contribution is -2.52. The molecule has 2 aromatic rings. The average Bonchev–Trinajstić information content (AvgIpc) is 3.29. The molecule has 2 saturated heterocycles. The van der Waals surface area contributed by atoms with Crippen molar-refractivity contribution in [3.8, 4) is 11.8 Å². The minimum Gasteiger partial charge on any atom is -0.331 e. The van der Waals surface area contributed by atoms with E-state index in [0.717, 1.165) is 18.4 Å². The summed E-state index contributed by atoms with van der Waals surface area (Å²) in [4.78, 5) is 53.2. The number of hydrogen-bond donors (Lipinski definition) is 1. The maximum Gasteiger partial charge on any atom is 0.276 e. The van der Waals surface area contributed by atoms with Crippen LogP contribution in [-0.4, -0.2) is 66.5 Å². The lowest BCUT2D eigenvalue weighted by atomic mass is 9.90. The zero-order chi connectivity index (χ0) is 24.3. The number of piperidine rings is 2. The smallest absolute Gasteiger partial charge is 0.276 e. The molecule has 4 heterocycles. The van der Waals surface area contributed by atoms with Gasteiger partial charge in [-0.1, -0.05) is 5.21 Å². The molecular weight excluding hydrogens is 450 g/mol. The number of nitrogens with one attached hydrogen (secondary N) is 1. The van der Waals surface area contributed by atoms with E-state index in [9.17, 15) is 24.4 Å². The van der Waals surface area contributed by atoms with Gasteiger partial charge in [-0.05, 0) is 55.9 Å². The van der Waals surface area contributed by atoms with Crippen molar-refractivity contribution in [1.29, 1.82) is 5.26 Å². The van der Waals surface area contributed by atoms with E-state index in [4.69, 9.17) is 0 Å². The van der Waals surface area contributed by atoms with Crippen molar-refractivity contribution >= 4 is 23.6 Å². The number of carbonyl (C=O) groups is 4. The number of fused-ring (bicyclic) bond motifs is 1. The number of nitrogens with zero attached hydrogens (tertiary/aromatic N) is 6. The third-order valence-corrected chi connectivity index (χ3v) is 7.64. The number of amides is 4. The predicted octanol–water partition coefficient (Wildman–Crippen LogP) is 0.937. The van der Waals surface area contributed by atoms with Gasteiger partial charge in [0.15, 0.2) is 5.69 Å². The monoisotopic (exact) mass is 473 g/mol. The first-order chi connectivity index (χ1) is 16.9. The second kappa shape index (κ2) is 7.73. The molecule has 1 saturated carbocycles. The first-order valence-corrected chi connectivity index (χ1v) is 11.8. The fourth-order valence-electron chi connectivity index (χ4n) is 5.57. The Morgan fingerprint density at radius 3 is 2.77 bits per heavy atom. The summed E-state index contributed by atoms with van der Waals surface area (Å²) in [7, 11) is 0. The summed E-state index contributed by atoms with van der Waals surface area (Å²) in [6.07, 6.45) is 5.30. The maximum atomic E-state index is 13.2. The molecule has 4 amide bonds. The van der Waals surface area contributed by atoms with Crippen molar-refractivity contribution in [2.45, 2.75) is 56.7 Å². The molecule has 0 radical (unpaired) electrons. The van der Waals surface area contributed by atoms with E-state index in [1.165, 1.54) is 9.58 Å². The molecule has 1 aliphatic carbocycles. The SMILES string of the molecule is N#CC1CCN(C(=O)c2cn(-c3ccc4c(c3)CN(C3CCC(=O)NC3=O)C4=O)nn2)C2(CC2)C1. The molecule has 11 nitrogen and oxygen atoms in total. The molecule has 1 aromatic heterocycles. The second-order valence-corrected chi connectivity index (χ2v) is 9.79. The zero-order valence-electron chi connectivity index (χ0n) is 18.9. The summed E-state index contributed by atoms with van der Waals surface area (Å²) < 4.78 is 1.51. The lowest BCUT2D eigenvalue weighted by Gasteiger charge is -2.37. The third-order valence-electron chi connectivity index (χ3n) is 7.64. The number of aromatic nitrogens is 3. The van der Waals surface area contributed by atoms with E-state index < -0.39 is 11.9 Å². The Balaban J connectivity index is 1.20. The minimum absolute atomic E-state index is 0.00824. The van der Waals surface area contributed by atoms with Crippen molar-refractivity contribution in [3.05, 3.63) is 41.2 Å². The number of imide groups is 1. The normalized spacial score (nSPS) is 24.8. The van der Waals surface area contributed by atoms with Crippen LogP contribution in [0.5, 0.6) is 0 Å². The van der Waals surface area contributed by atoms with Gasteiger partial charge >= 0.3 is 0 Å². The van der Waals surface area contributed by atoms with Crippen molar-refractivity contribution in [2.75, 3.05) is 6.54 Å². The Labute approximate surface area is 200 Å². The summed E-state index contributed by atoms with van der Waals surface area (Å²) in [5.74, 6) is -1.20. The molecule has 1 aromatic carbocycles. The zero-order valence-corrected chi connectivity index (χ0v) is 18.9. The van der Waals surface area contributed by atoms with E-state index in [1.807, 2.05) is 11.0 Å². The van der Waals surface area contributed by atoms with Gasteiger partial charge in [0, 0.05) is 30.6 Å². The Morgan fingerprint density at radius 2 is 2.03 bits per heavy atom. The molecule has 3 fully saturated rings. The van der Waals surface area contributed by atoms with Crippen LogP contribution < -0.4 is 5.32 Å². The highest BCUT2D eigenvalue weighted by Gasteiger charge is 2.53. The van der Waals surface area contributed by atoms with Crippen LogP contribution in [0.15, 0.2) is 24.4 Å². The van der Waals surface area contributed by atoms with E-state index in [-0.39, 0.29) is 47.8 Å². The van der Waals surface area contributed by atoms with Crippen LogP contribution >= 0.6 is 0 Å². The number of carbonyl (C=O) groups excluding carboxylic acids is 4. The van der Waals surface area contributed by atoms with E-state index >= 15 is 0 Å². The lowest BCUT2D eigenvalue weighted by molar-refractivity contribution is -0.136. The largest absolute Gasteiger partial charge is 0.331 e. The van der Waals surface area contributed by atoms with Crippen LogP contribution in [-0.2, 0) is 16.1 Å². The molecule has 35 heavy (non-hydrogen) atoms. The van der Waals surface area contributed by atoms with Crippen LogP contribution in [0.2, 0.25) is 0 Å². The van der Waals surface area contributed by atoms with Crippen LogP contribution in [0.3, 0.4) is 0 Å². The summed E-state index contributed by atoms with van der Waals surface area (Å²) >= 11 is 0. The molecular formula is C24H23N7O4. The summed E-state index contributed by atoms with van der Waals surface area (Å²) in [6.45, 7) is 0.798. The second-order valence-electron chi connectivity index (χ2n) is 9.79. The van der Waals surface area contributed by atoms with E-state index in [2.05, 4.69) is 21.7 Å². The third kappa shape index (κ3) is 3.48. The molecule has 2 atom stereocenters. The Morgan fingerprint density at radius 1 is 1.20 bits per heavy atom. The number of nitriles is 1. The average molecular weight is 473 g/mol. The van der Waals surface area contributed by atoms with Gasteiger partial charge in [-0.15, -0.1) is 5.10 Å². The maximum absolute atomic E-state index is 13.2. The van der Waals surface area contributed by atoms with Gasteiger partial charge in [0.25, 0.3) is 11.8 Å². The van der Waals surface area contributed by atoms with Crippen LogP contribution in [0, 0.1) is 17.2 Å². The van der Waals surface area contributed by atoms with Crippen LogP contribution in [0.1, 0.15) is 64.9 Å². The number of rotatable bonds is 3. The van der Waals surface area contributed by atoms with Gasteiger partial charge in [0.2, 0.25) is 11.8 Å². The Bertz CT molecular complexity index is 1320. The standard InChI is InChI=1S/C24H23N7O4/c25-11-14-5-8-30(24(10-14)6-7-24)23(35)18-13-31(28-27-18)16-1-2-17-15(9-16)12-29(22(17)34)19-3-4-20(32)26-21(19)33/h1-2,9,13-14,19H,3-8,10,12H2,(H,26,32,33). The fourth-order valence-corrected chi connectivity index (χ4v) is 5.57. The molecule has 0 bridgehead atoms. The van der Waals surface area contributed by atoms with Gasteiger partial charge in [-0.3, -0.25) is 24.5 Å². The summed E-state index contributed by atoms with van der Waals surface area (Å²) in [5, 5.41) is 19.8. The van der Waals surface area contributed by atoms with Gasteiger partial charge in [-0.25, -0.2) is 4.68 Å². The molecule has 1 N–H and O–H groups in total. The molecule has 3 aliphatic heterocycles. The quantitative estimate of drug-likeness (QED) is 0.654. The van der Waals surface area contributed by atoms with Crippen LogP contribution in [0.4, 0.5) is 0 Å². The highest BCUT2D eigenvalue weighted by Crippen LogP contribution is 2.50. The topological polar surface area (TPSA) is 141 Å². The van der Waals surface area contributed by atoms with Gasteiger partial charge in [-0.2, -0.15) is 5.26 Å². The highest BCUT2D eigenvalue weighted by atomic mass is 16.2. The molecule has 1 spiro atoms. The van der Waals surface area contributed by atoms with Gasteiger partial charge < -0.3 is 9.80 Å². The first kappa shape index (κ1) is 21.5. The van der Waals surface area contributed by atoms with Crippen molar-refractivity contribution in [1.82, 2.24) is 30.1 Å². The molecule has 6 rings (SSSR count). The van der Waals surface area contributed by atoms with Crippen LogP contribution in [0.25, 0.3) is 5.69 Å². The highest BCUT2D eigenvalue weighted by molar-refractivity contribution is 6.05. The van der Waals surface area contributed by atoms with Crippen molar-refractivity contribution in [3.63, 3.8) is 0 Å². The summed E-state index contributed by atoms with van der Waals surface area (Å²) in [5.41, 5.74) is 1.93. The summed E-state index contributed by atoms with van der Waals surface area (Å²) in [6, 6.07) is 6.89. The molecule has 11 heteroatoms. The molecule has 2 unspecified atom stereocenters. The Hall–Kier alpha value is -4.07. The van der Waals surface area contributed by atoms with Crippen molar-refractivity contribution in [2.24, 2.45) is 5.92 Å². The molecule has 178 valence electrons. The van der Waals surface area contributed by atoms with Gasteiger partial charge in [0.05, 0.1) is 23.9 Å². The fraction of sp³-hybridized carbons (Fsp3) is 0.458. The predicted molar refractivity (Wildman–Crippen MR) is 119 cm³/mol. The molecule has 4 aliphatic rings. The van der Waals surface area contributed by atoms with E-state index in [0.29, 0.717) is 37.1 Å². The van der Waals surface area contributed by atoms with Crippen molar-refractivity contribution < 1.29 is 19.2 Å². The number of likely N-dealkylation sites (tertiary alicyclic amines) is 1. The first-order valence-electron chi connectivity index (χ1n) is 11.8. The van der Waals surface area contributed by atoms with Gasteiger partial charge in [0.1, 0.15) is 6.04 Å².